The number of thiazole rings is 1. The Balaban J connectivity index is 2.93. The third kappa shape index (κ3) is 1.98. The molecular weight excluding hydrogens is 158 g/mol. The highest BCUT2D eigenvalue weighted by Crippen LogP contribution is 2.17. The summed E-state index contributed by atoms with van der Waals surface area (Å²) in [5.41, 5.74) is 0.991. The van der Waals surface area contributed by atoms with E-state index in [0.717, 1.165) is 21.9 Å². The molecule has 0 unspecified atom stereocenters. The molecule has 0 saturated carbocycles. The third-order valence-electron chi connectivity index (χ3n) is 1.27. The molecule has 0 aliphatic carbocycles. The van der Waals surface area contributed by atoms with E-state index in [4.69, 9.17) is 0 Å². The molecule has 1 rings (SSSR count). The van der Waals surface area contributed by atoms with Crippen LogP contribution < -0.4 is 0 Å². The van der Waals surface area contributed by atoms with E-state index in [1.165, 1.54) is 6.08 Å². The summed E-state index contributed by atoms with van der Waals surface area (Å²) < 4.78 is 0. The number of rotatable bonds is 2. The van der Waals surface area contributed by atoms with Crippen LogP contribution in [0, 0.1) is 13.8 Å². The minimum Gasteiger partial charge on any atom is -0.299 e. The molecule has 0 aromatic carbocycles. The minimum atomic E-state index is 0.772. The summed E-state index contributed by atoms with van der Waals surface area (Å²) in [5, 5.41) is 1.04. The van der Waals surface area contributed by atoms with E-state index in [-0.39, 0.29) is 0 Å². The van der Waals surface area contributed by atoms with Gasteiger partial charge < -0.3 is 0 Å². The highest BCUT2D eigenvalue weighted by molar-refractivity contribution is 7.12. The molecule has 0 radical (unpaired) electrons. The summed E-state index contributed by atoms with van der Waals surface area (Å²) in [6.07, 6.45) is 4.04. The quantitative estimate of drug-likeness (QED) is 0.498. The van der Waals surface area contributed by atoms with Crippen LogP contribution in [0.15, 0.2) is 6.08 Å². The van der Waals surface area contributed by atoms with Crippen molar-refractivity contribution in [3.8, 4) is 0 Å². The molecule has 0 atom stereocenters. The van der Waals surface area contributed by atoms with Crippen LogP contribution in [-0.4, -0.2) is 11.3 Å². The highest BCUT2D eigenvalue weighted by atomic mass is 32.1. The Kier molecular flexibility index (Phi) is 2.54. The van der Waals surface area contributed by atoms with Gasteiger partial charge in [-0.15, -0.1) is 11.3 Å². The molecule has 1 heterocycles. The molecular formula is C8H9NOS. The Morgan fingerprint density at radius 3 is 2.64 bits per heavy atom. The lowest BCUT2D eigenvalue weighted by Crippen LogP contribution is -1.73. The monoisotopic (exact) mass is 167 g/mol. The highest BCUT2D eigenvalue weighted by Gasteiger charge is 1.98. The molecule has 2 nitrogen and oxygen atoms in total. The van der Waals surface area contributed by atoms with Crippen molar-refractivity contribution in [3.05, 3.63) is 21.7 Å². The largest absolute Gasteiger partial charge is 0.299 e. The van der Waals surface area contributed by atoms with Crippen molar-refractivity contribution in [1.82, 2.24) is 4.98 Å². The second-order valence-corrected chi connectivity index (χ2v) is 3.41. The number of aldehydes is 1. The fourth-order valence-corrected chi connectivity index (χ4v) is 1.67. The molecule has 0 bridgehead atoms. The van der Waals surface area contributed by atoms with Gasteiger partial charge in [-0.2, -0.15) is 0 Å². The van der Waals surface area contributed by atoms with Gasteiger partial charge in [0.05, 0.1) is 15.6 Å². The summed E-state index contributed by atoms with van der Waals surface area (Å²) in [4.78, 5) is 15.3. The van der Waals surface area contributed by atoms with E-state index in [0.29, 0.717) is 0 Å². The zero-order chi connectivity index (χ0) is 8.27. The van der Waals surface area contributed by atoms with Crippen molar-refractivity contribution >= 4 is 23.7 Å². The van der Waals surface area contributed by atoms with Gasteiger partial charge >= 0.3 is 0 Å². The lowest BCUT2D eigenvalue weighted by atomic mass is 10.3. The van der Waals surface area contributed by atoms with E-state index in [2.05, 4.69) is 4.98 Å². The number of nitrogens with zero attached hydrogens (tertiary/aromatic N) is 1. The molecule has 58 valence electrons. The molecule has 0 N–H and O–H groups in total. The second kappa shape index (κ2) is 3.44. The number of aryl methyl sites for hydroxylation is 2. The van der Waals surface area contributed by atoms with Gasteiger partial charge in [0.15, 0.2) is 0 Å². The molecule has 0 saturated heterocycles. The van der Waals surface area contributed by atoms with Crippen LogP contribution in [0.4, 0.5) is 0 Å². The first-order valence-corrected chi connectivity index (χ1v) is 4.11. The first-order valence-electron chi connectivity index (χ1n) is 3.30. The number of carbonyl (C=O) groups excluding carboxylic acids is 1. The van der Waals surface area contributed by atoms with Gasteiger partial charge in [0.25, 0.3) is 0 Å². The third-order valence-corrected chi connectivity index (χ3v) is 2.30. The molecule has 3 heteroatoms. The summed E-state index contributed by atoms with van der Waals surface area (Å²) in [7, 11) is 0. The number of allylic oxidation sites excluding steroid dienone is 1. The van der Waals surface area contributed by atoms with E-state index < -0.39 is 0 Å². The predicted molar refractivity (Wildman–Crippen MR) is 46.7 cm³/mol. The minimum absolute atomic E-state index is 0.772. The lowest BCUT2D eigenvalue weighted by molar-refractivity contribution is -0.104. The SMILES string of the molecule is Cc1nc(C)c(C=CC=O)s1. The number of hydrogen-bond acceptors (Lipinski definition) is 3. The lowest BCUT2D eigenvalue weighted by Gasteiger charge is -1.82. The van der Waals surface area contributed by atoms with Crippen LogP contribution in [-0.2, 0) is 4.79 Å². The first-order chi connectivity index (χ1) is 5.24. The molecule has 11 heavy (non-hydrogen) atoms. The number of hydrogen-bond donors (Lipinski definition) is 0. The summed E-state index contributed by atoms with van der Waals surface area (Å²) in [6, 6.07) is 0. The second-order valence-electron chi connectivity index (χ2n) is 2.18. The predicted octanol–water partition coefficient (Wildman–Crippen LogP) is 1.97. The van der Waals surface area contributed by atoms with Crippen molar-refractivity contribution in [2.24, 2.45) is 0 Å². The fourth-order valence-electron chi connectivity index (χ4n) is 0.828. The average molecular weight is 167 g/mol. The van der Waals surface area contributed by atoms with Gasteiger partial charge in [-0.1, -0.05) is 0 Å². The standard InChI is InChI=1S/C8H9NOS/c1-6-8(4-3-5-10)11-7(2)9-6/h3-5H,1-2H3. The van der Waals surface area contributed by atoms with E-state index >= 15 is 0 Å². The summed E-state index contributed by atoms with van der Waals surface area (Å²) in [5.74, 6) is 0. The Hall–Kier alpha value is -0.960. The van der Waals surface area contributed by atoms with Crippen molar-refractivity contribution in [2.75, 3.05) is 0 Å². The van der Waals surface area contributed by atoms with E-state index in [1.54, 1.807) is 17.4 Å². The molecule has 0 amide bonds. The Morgan fingerprint density at radius 2 is 2.18 bits per heavy atom. The van der Waals surface area contributed by atoms with Gasteiger partial charge in [-0.3, -0.25) is 4.79 Å². The zero-order valence-corrected chi connectivity index (χ0v) is 7.31. The smallest absolute Gasteiger partial charge is 0.142 e. The topological polar surface area (TPSA) is 30.0 Å². The zero-order valence-electron chi connectivity index (χ0n) is 6.50. The van der Waals surface area contributed by atoms with Gasteiger partial charge in [0, 0.05) is 0 Å². The first kappa shape index (κ1) is 8.14. The van der Waals surface area contributed by atoms with Gasteiger partial charge in [0.2, 0.25) is 0 Å². The van der Waals surface area contributed by atoms with Crippen LogP contribution in [0.25, 0.3) is 6.08 Å². The van der Waals surface area contributed by atoms with E-state index in [9.17, 15) is 4.79 Å². The van der Waals surface area contributed by atoms with Crippen molar-refractivity contribution < 1.29 is 4.79 Å². The molecule has 0 aliphatic rings. The molecule has 0 spiro atoms. The van der Waals surface area contributed by atoms with E-state index in [1.807, 2.05) is 13.8 Å². The Morgan fingerprint density at radius 1 is 1.45 bits per heavy atom. The van der Waals surface area contributed by atoms with Crippen LogP contribution in [0.5, 0.6) is 0 Å². The van der Waals surface area contributed by atoms with Gasteiger partial charge in [-0.05, 0) is 26.0 Å². The van der Waals surface area contributed by atoms with Gasteiger partial charge in [0.1, 0.15) is 6.29 Å². The molecule has 0 fully saturated rings. The van der Waals surface area contributed by atoms with Crippen LogP contribution in [0.3, 0.4) is 0 Å². The summed E-state index contributed by atoms with van der Waals surface area (Å²) >= 11 is 1.60. The fraction of sp³-hybridized carbons (Fsp3) is 0.250. The number of carbonyl (C=O) groups is 1. The van der Waals surface area contributed by atoms with Crippen LogP contribution in [0.1, 0.15) is 15.6 Å². The Bertz CT molecular complexity index is 288. The normalized spacial score (nSPS) is 10.7. The Labute approximate surface area is 69.6 Å². The summed E-state index contributed by atoms with van der Waals surface area (Å²) in [6.45, 7) is 3.89. The molecule has 1 aromatic heterocycles. The van der Waals surface area contributed by atoms with Gasteiger partial charge in [-0.25, -0.2) is 4.98 Å². The van der Waals surface area contributed by atoms with Crippen LogP contribution >= 0.6 is 11.3 Å². The maximum Gasteiger partial charge on any atom is 0.142 e. The molecule has 1 aromatic rings. The maximum absolute atomic E-state index is 9.99. The number of aromatic nitrogens is 1. The van der Waals surface area contributed by atoms with Crippen molar-refractivity contribution in [3.63, 3.8) is 0 Å². The van der Waals surface area contributed by atoms with Crippen molar-refractivity contribution in [2.45, 2.75) is 13.8 Å². The average Bonchev–Trinajstić information content (AvgIpc) is 2.26. The maximum atomic E-state index is 9.99. The van der Waals surface area contributed by atoms with Crippen molar-refractivity contribution in [1.29, 1.82) is 0 Å². The van der Waals surface area contributed by atoms with Crippen LogP contribution in [0.2, 0.25) is 0 Å². The molecule has 0 aliphatic heterocycles.